The first kappa shape index (κ1) is 31.7. The number of benzene rings is 1. The Kier molecular flexibility index (Phi) is 11.4. The maximum Gasteiger partial charge on any atom is 0.223 e. The Morgan fingerprint density at radius 1 is 1.10 bits per heavy atom. The minimum absolute atomic E-state index is 0.00871. The monoisotopic (exact) mass is 615 g/mol. The van der Waals surface area contributed by atoms with E-state index < -0.39 is 17.9 Å². The predicted octanol–water partition coefficient (Wildman–Crippen LogP) is 8.55. The zero-order valence-electron chi connectivity index (χ0n) is 23.8. The van der Waals surface area contributed by atoms with Crippen LogP contribution in [0.4, 0.5) is 0 Å². The van der Waals surface area contributed by atoms with Crippen LogP contribution >= 0.6 is 34.8 Å². The van der Waals surface area contributed by atoms with Crippen LogP contribution in [-0.2, 0) is 9.59 Å². The topological polar surface area (TPSA) is 82.4 Å². The molecule has 5 unspecified atom stereocenters. The van der Waals surface area contributed by atoms with E-state index in [4.69, 9.17) is 45.2 Å². The third kappa shape index (κ3) is 9.14. The lowest BCUT2D eigenvalue weighted by molar-refractivity contribution is -0.126. The molecular weight excluding hydrogens is 577 g/mol. The van der Waals surface area contributed by atoms with Crippen molar-refractivity contribution in [2.24, 2.45) is 22.7 Å². The van der Waals surface area contributed by atoms with E-state index in [-0.39, 0.29) is 34.7 Å². The quantitative estimate of drug-likeness (QED) is 0.172. The average Bonchev–Trinajstić information content (AvgIpc) is 3.78. The zero-order chi connectivity index (χ0) is 29.5. The first-order valence-corrected chi connectivity index (χ1v) is 15.9. The number of nitrogens with zero attached hydrogens (tertiary/aromatic N) is 1. The molecule has 0 heterocycles. The summed E-state index contributed by atoms with van der Waals surface area (Å²) in [5, 5.41) is 13.1. The number of hydrogen-bond acceptors (Lipinski definition) is 4. The van der Waals surface area contributed by atoms with Gasteiger partial charge in [-0.05, 0) is 81.6 Å². The number of allylic oxidation sites excluding steroid dienone is 6. The van der Waals surface area contributed by atoms with Crippen molar-refractivity contribution in [3.63, 3.8) is 0 Å². The van der Waals surface area contributed by atoms with E-state index in [9.17, 15) is 9.59 Å². The third-order valence-electron chi connectivity index (χ3n) is 8.25. The fraction of sp³-hybridized carbons (Fsp3) is 0.515. The van der Waals surface area contributed by atoms with Gasteiger partial charge in [0.15, 0.2) is 5.78 Å². The van der Waals surface area contributed by atoms with Crippen LogP contribution in [0.5, 0.6) is 0 Å². The molecule has 1 aromatic carbocycles. The summed E-state index contributed by atoms with van der Waals surface area (Å²) in [7, 11) is 0. The highest BCUT2D eigenvalue weighted by molar-refractivity contribution is 6.44. The van der Waals surface area contributed by atoms with E-state index >= 15 is 0 Å². The molecule has 0 spiro atoms. The van der Waals surface area contributed by atoms with Gasteiger partial charge in [-0.15, -0.1) is 11.6 Å². The number of carbonyl (C=O) groups excluding carboxylic acids is 2. The molecule has 0 saturated heterocycles. The number of aliphatic imine (C=N–C) groups is 1. The molecule has 0 aromatic heterocycles. The van der Waals surface area contributed by atoms with E-state index in [1.807, 2.05) is 26.0 Å². The first-order chi connectivity index (χ1) is 19.6. The summed E-state index contributed by atoms with van der Waals surface area (Å²) in [4.78, 5) is 31.8. The number of amides is 1. The van der Waals surface area contributed by atoms with Gasteiger partial charge in [-0.1, -0.05) is 73.0 Å². The van der Waals surface area contributed by atoms with Crippen molar-refractivity contribution in [3.05, 3.63) is 69.8 Å². The molecule has 5 nitrogen and oxygen atoms in total. The van der Waals surface area contributed by atoms with Gasteiger partial charge in [0.2, 0.25) is 5.91 Å². The molecule has 3 aliphatic rings. The van der Waals surface area contributed by atoms with Gasteiger partial charge >= 0.3 is 0 Å². The Labute approximate surface area is 259 Å². The summed E-state index contributed by atoms with van der Waals surface area (Å²) < 4.78 is 0. The van der Waals surface area contributed by atoms with Crippen LogP contribution < -0.4 is 5.32 Å². The smallest absolute Gasteiger partial charge is 0.223 e. The summed E-state index contributed by atoms with van der Waals surface area (Å²) in [5.74, 6) is -1.46. The molecule has 8 heteroatoms. The fourth-order valence-corrected chi connectivity index (χ4v) is 6.19. The second kappa shape index (κ2) is 14.8. The molecule has 5 atom stereocenters. The van der Waals surface area contributed by atoms with E-state index in [0.29, 0.717) is 29.3 Å². The number of rotatable bonds is 13. The number of ketones is 1. The van der Waals surface area contributed by atoms with Crippen LogP contribution in [0, 0.1) is 23.2 Å². The number of hydrogen-bond donors (Lipinski definition) is 2. The lowest BCUT2D eigenvalue weighted by Gasteiger charge is -2.26. The SMILES string of the molecule is CC(CC(CCC1=CC=CCC1)C(=O)NC1CC1)C(=O)C(=N)C(C)C(N=C1CCC(Cl)C=C1Cl)c1ccc(Cl)cc1. The normalized spacial score (nSPS) is 22.8. The Morgan fingerprint density at radius 3 is 2.46 bits per heavy atom. The second-order valence-electron chi connectivity index (χ2n) is 11.7. The van der Waals surface area contributed by atoms with Crippen LogP contribution in [0.15, 0.2) is 64.2 Å². The Balaban J connectivity index is 1.49. The van der Waals surface area contributed by atoms with Gasteiger partial charge < -0.3 is 10.7 Å². The van der Waals surface area contributed by atoms with Crippen molar-refractivity contribution < 1.29 is 9.59 Å². The minimum atomic E-state index is -0.505. The number of nitrogens with one attached hydrogen (secondary N) is 2. The Bertz CT molecular complexity index is 1250. The van der Waals surface area contributed by atoms with Crippen molar-refractivity contribution in [1.82, 2.24) is 5.32 Å². The highest BCUT2D eigenvalue weighted by Crippen LogP contribution is 2.33. The molecule has 0 aliphatic heterocycles. The summed E-state index contributed by atoms with van der Waals surface area (Å²) in [6.07, 6.45) is 15.6. The summed E-state index contributed by atoms with van der Waals surface area (Å²) in [6, 6.07) is 7.12. The van der Waals surface area contributed by atoms with Crippen molar-refractivity contribution in [2.45, 2.75) is 89.1 Å². The maximum absolute atomic E-state index is 13.7. The average molecular weight is 617 g/mol. The predicted molar refractivity (Wildman–Crippen MR) is 170 cm³/mol. The zero-order valence-corrected chi connectivity index (χ0v) is 26.1. The highest BCUT2D eigenvalue weighted by atomic mass is 35.5. The largest absolute Gasteiger partial charge is 0.353 e. The molecule has 1 aromatic rings. The van der Waals surface area contributed by atoms with Gasteiger partial charge in [-0.3, -0.25) is 14.6 Å². The van der Waals surface area contributed by atoms with Crippen LogP contribution in [-0.4, -0.2) is 34.5 Å². The molecule has 220 valence electrons. The summed E-state index contributed by atoms with van der Waals surface area (Å²) >= 11 is 18.9. The molecule has 1 amide bonds. The van der Waals surface area contributed by atoms with Gasteiger partial charge in [0.1, 0.15) is 0 Å². The van der Waals surface area contributed by atoms with Crippen molar-refractivity contribution in [1.29, 1.82) is 5.41 Å². The Hall–Kier alpha value is -2.21. The fourth-order valence-electron chi connectivity index (χ4n) is 5.47. The molecule has 1 saturated carbocycles. The molecule has 3 aliphatic carbocycles. The molecule has 0 radical (unpaired) electrons. The first-order valence-electron chi connectivity index (χ1n) is 14.7. The number of Topliss-reactive ketones (excluding diaryl/α,β-unsaturated/α-hetero) is 1. The number of carbonyl (C=O) groups is 2. The van der Waals surface area contributed by atoms with Crippen LogP contribution in [0.1, 0.15) is 83.2 Å². The van der Waals surface area contributed by atoms with Crippen molar-refractivity contribution >= 4 is 57.9 Å². The van der Waals surface area contributed by atoms with Gasteiger partial charge in [-0.25, -0.2) is 0 Å². The van der Waals surface area contributed by atoms with E-state index in [1.165, 1.54) is 5.57 Å². The minimum Gasteiger partial charge on any atom is -0.353 e. The van der Waals surface area contributed by atoms with Gasteiger partial charge in [0, 0.05) is 28.8 Å². The summed E-state index contributed by atoms with van der Waals surface area (Å²) in [6.45, 7) is 3.70. The lowest BCUT2D eigenvalue weighted by atomic mass is 9.81. The Morgan fingerprint density at radius 2 is 1.83 bits per heavy atom. The van der Waals surface area contributed by atoms with Crippen molar-refractivity contribution in [3.8, 4) is 0 Å². The summed E-state index contributed by atoms with van der Waals surface area (Å²) in [5.41, 5.74) is 2.94. The van der Waals surface area contributed by atoms with Gasteiger partial charge in [0.25, 0.3) is 0 Å². The number of alkyl halides is 1. The van der Waals surface area contributed by atoms with Crippen LogP contribution in [0.2, 0.25) is 5.02 Å². The molecule has 0 bridgehead atoms. The molecule has 1 fully saturated rings. The molecule has 41 heavy (non-hydrogen) atoms. The second-order valence-corrected chi connectivity index (χ2v) is 13.1. The van der Waals surface area contributed by atoms with E-state index in [1.54, 1.807) is 18.2 Å². The van der Waals surface area contributed by atoms with Gasteiger partial charge in [0.05, 0.1) is 27.9 Å². The number of halogens is 3. The lowest BCUT2D eigenvalue weighted by Crippen LogP contribution is -2.36. The van der Waals surface area contributed by atoms with Crippen LogP contribution in [0.25, 0.3) is 0 Å². The maximum atomic E-state index is 13.7. The third-order valence-corrected chi connectivity index (χ3v) is 9.20. The molecule has 2 N–H and O–H groups in total. The van der Waals surface area contributed by atoms with Crippen molar-refractivity contribution in [2.75, 3.05) is 0 Å². The standard InChI is InChI=1S/C33H40Cl3N3O2/c1-20(18-24(33(41)38-27-15-16-27)9-8-22-6-4-3-5-7-22)32(40)30(37)21(2)31(23-10-12-25(34)13-11-23)39-29-17-14-26(35)19-28(29)36/h3-4,6,10-13,19-21,24,26-27,31,37H,5,7-9,14-18H2,1-2H3,(H,38,41). The molecular formula is C33H40Cl3N3O2. The van der Waals surface area contributed by atoms with E-state index in [0.717, 1.165) is 49.8 Å². The van der Waals surface area contributed by atoms with Gasteiger partial charge in [-0.2, -0.15) is 0 Å². The van der Waals surface area contributed by atoms with E-state index in [2.05, 4.69) is 23.5 Å². The highest BCUT2D eigenvalue weighted by Gasteiger charge is 2.34. The molecule has 4 rings (SSSR count). The van der Waals surface area contributed by atoms with Crippen LogP contribution in [0.3, 0.4) is 0 Å².